The highest BCUT2D eigenvalue weighted by molar-refractivity contribution is 8.00. The predicted octanol–water partition coefficient (Wildman–Crippen LogP) is 4.75. The van der Waals surface area contributed by atoms with Crippen LogP contribution in [0.25, 0.3) is 0 Å². The molecule has 18 heavy (non-hydrogen) atoms. The second kappa shape index (κ2) is 7.19. The summed E-state index contributed by atoms with van der Waals surface area (Å²) in [5, 5.41) is 4.81. The summed E-state index contributed by atoms with van der Waals surface area (Å²) in [4.78, 5) is 0. The summed E-state index contributed by atoms with van der Waals surface area (Å²) in [6.45, 7) is 4.73. The van der Waals surface area contributed by atoms with Gasteiger partial charge in [-0.2, -0.15) is 11.8 Å². The third kappa shape index (κ3) is 4.77. The third-order valence-corrected chi connectivity index (χ3v) is 6.32. The topological polar surface area (TPSA) is 12.0 Å². The van der Waals surface area contributed by atoms with Crippen molar-refractivity contribution in [2.75, 3.05) is 5.75 Å². The van der Waals surface area contributed by atoms with Gasteiger partial charge >= 0.3 is 0 Å². The monoisotopic (exact) mass is 269 g/mol. The van der Waals surface area contributed by atoms with Crippen LogP contribution in [0.5, 0.6) is 0 Å². The molecule has 106 valence electrons. The van der Waals surface area contributed by atoms with Crippen LogP contribution in [0.2, 0.25) is 0 Å². The molecule has 1 saturated heterocycles. The minimum Gasteiger partial charge on any atom is -0.307 e. The van der Waals surface area contributed by atoms with Crippen LogP contribution in [0.1, 0.15) is 78.1 Å². The largest absolute Gasteiger partial charge is 0.307 e. The van der Waals surface area contributed by atoms with Crippen molar-refractivity contribution in [3.8, 4) is 0 Å². The Bertz CT molecular complexity index is 239. The number of fused-ring (bicyclic) bond motifs is 1. The van der Waals surface area contributed by atoms with Crippen LogP contribution in [0.15, 0.2) is 0 Å². The fraction of sp³-hybridized carbons (Fsp3) is 1.00. The van der Waals surface area contributed by atoms with E-state index in [0.29, 0.717) is 5.54 Å². The van der Waals surface area contributed by atoms with E-state index in [0.717, 1.165) is 11.3 Å². The molecule has 0 amide bonds. The summed E-state index contributed by atoms with van der Waals surface area (Å²) in [7, 11) is 0. The zero-order chi connectivity index (χ0) is 12.8. The SMILES string of the molecule is CC1(C)CSC2CCCCCCCCCCC2N1. The van der Waals surface area contributed by atoms with Gasteiger partial charge in [0, 0.05) is 22.6 Å². The van der Waals surface area contributed by atoms with Gasteiger partial charge in [-0.3, -0.25) is 0 Å². The molecule has 1 saturated carbocycles. The van der Waals surface area contributed by atoms with E-state index in [1.165, 1.54) is 70.0 Å². The Morgan fingerprint density at radius 1 is 0.833 bits per heavy atom. The quantitative estimate of drug-likeness (QED) is 0.681. The minimum absolute atomic E-state index is 0.350. The molecule has 2 aliphatic rings. The predicted molar refractivity (Wildman–Crippen MR) is 83.4 cm³/mol. The lowest BCUT2D eigenvalue weighted by Gasteiger charge is -2.42. The fourth-order valence-corrected chi connectivity index (χ4v) is 4.86. The highest BCUT2D eigenvalue weighted by Gasteiger charge is 2.33. The van der Waals surface area contributed by atoms with Crippen molar-refractivity contribution in [2.45, 2.75) is 94.9 Å². The van der Waals surface area contributed by atoms with Crippen LogP contribution in [-0.2, 0) is 0 Å². The zero-order valence-electron chi connectivity index (χ0n) is 12.3. The molecular formula is C16H31NS. The van der Waals surface area contributed by atoms with E-state index < -0.39 is 0 Å². The second-order valence-corrected chi connectivity index (χ2v) is 8.12. The Morgan fingerprint density at radius 3 is 2.06 bits per heavy atom. The van der Waals surface area contributed by atoms with Crippen molar-refractivity contribution in [2.24, 2.45) is 0 Å². The maximum atomic E-state index is 3.93. The average Bonchev–Trinajstić information content (AvgIpc) is 2.30. The number of hydrogen-bond acceptors (Lipinski definition) is 2. The molecule has 1 aliphatic carbocycles. The molecule has 0 bridgehead atoms. The first-order valence-corrected chi connectivity index (χ1v) is 9.12. The highest BCUT2D eigenvalue weighted by Crippen LogP contribution is 2.33. The van der Waals surface area contributed by atoms with Gasteiger partial charge in [0.05, 0.1) is 0 Å². The minimum atomic E-state index is 0.350. The van der Waals surface area contributed by atoms with Gasteiger partial charge in [0.1, 0.15) is 0 Å². The van der Waals surface area contributed by atoms with Gasteiger partial charge in [-0.25, -0.2) is 0 Å². The number of thioether (sulfide) groups is 1. The molecule has 0 aromatic carbocycles. The van der Waals surface area contributed by atoms with Crippen molar-refractivity contribution < 1.29 is 0 Å². The molecular weight excluding hydrogens is 238 g/mol. The van der Waals surface area contributed by atoms with Crippen molar-refractivity contribution in [3.05, 3.63) is 0 Å². The lowest BCUT2D eigenvalue weighted by molar-refractivity contribution is 0.312. The van der Waals surface area contributed by atoms with Crippen LogP contribution >= 0.6 is 11.8 Å². The molecule has 1 heterocycles. The number of hydrogen-bond donors (Lipinski definition) is 1. The first-order chi connectivity index (χ1) is 8.67. The van der Waals surface area contributed by atoms with E-state index in [9.17, 15) is 0 Å². The molecule has 0 aromatic heterocycles. The van der Waals surface area contributed by atoms with Gasteiger partial charge in [-0.05, 0) is 26.7 Å². The van der Waals surface area contributed by atoms with Gasteiger partial charge in [-0.15, -0.1) is 0 Å². The molecule has 0 aromatic rings. The Hall–Kier alpha value is 0.310. The maximum Gasteiger partial charge on any atom is 0.0218 e. The molecule has 0 spiro atoms. The Morgan fingerprint density at radius 2 is 1.39 bits per heavy atom. The molecule has 2 rings (SSSR count). The van der Waals surface area contributed by atoms with Crippen LogP contribution in [0.3, 0.4) is 0 Å². The second-order valence-electron chi connectivity index (χ2n) is 6.89. The lowest BCUT2D eigenvalue weighted by Crippen LogP contribution is -2.56. The van der Waals surface area contributed by atoms with Gasteiger partial charge in [0.2, 0.25) is 0 Å². The Balaban J connectivity index is 1.88. The van der Waals surface area contributed by atoms with Gasteiger partial charge in [0.25, 0.3) is 0 Å². The van der Waals surface area contributed by atoms with Crippen LogP contribution in [0, 0.1) is 0 Å². The molecule has 2 fully saturated rings. The van der Waals surface area contributed by atoms with Gasteiger partial charge in [0.15, 0.2) is 0 Å². The molecule has 0 radical (unpaired) electrons. The van der Waals surface area contributed by atoms with Crippen LogP contribution in [-0.4, -0.2) is 22.6 Å². The van der Waals surface area contributed by atoms with E-state index in [-0.39, 0.29) is 0 Å². The van der Waals surface area contributed by atoms with Crippen LogP contribution < -0.4 is 5.32 Å². The summed E-state index contributed by atoms with van der Waals surface area (Å²) >= 11 is 2.24. The molecule has 2 unspecified atom stereocenters. The number of rotatable bonds is 0. The van der Waals surface area contributed by atoms with E-state index >= 15 is 0 Å². The van der Waals surface area contributed by atoms with E-state index in [1.54, 1.807) is 0 Å². The molecule has 1 aliphatic heterocycles. The Labute approximate surface area is 118 Å². The maximum absolute atomic E-state index is 3.93. The summed E-state index contributed by atoms with van der Waals surface area (Å²) in [6, 6.07) is 0.776. The highest BCUT2D eigenvalue weighted by atomic mass is 32.2. The fourth-order valence-electron chi connectivity index (χ4n) is 3.38. The molecule has 1 N–H and O–H groups in total. The summed E-state index contributed by atoms with van der Waals surface area (Å²) in [5.74, 6) is 1.29. The van der Waals surface area contributed by atoms with Crippen LogP contribution in [0.4, 0.5) is 0 Å². The third-order valence-electron chi connectivity index (χ3n) is 4.44. The van der Waals surface area contributed by atoms with Gasteiger partial charge in [-0.1, -0.05) is 51.4 Å². The van der Waals surface area contributed by atoms with Crippen molar-refractivity contribution in [3.63, 3.8) is 0 Å². The smallest absolute Gasteiger partial charge is 0.0218 e. The van der Waals surface area contributed by atoms with Crippen molar-refractivity contribution in [1.82, 2.24) is 5.32 Å². The Kier molecular flexibility index (Phi) is 5.88. The van der Waals surface area contributed by atoms with Crippen molar-refractivity contribution >= 4 is 11.8 Å². The average molecular weight is 269 g/mol. The first kappa shape index (κ1) is 14.7. The normalized spacial score (nSPS) is 35.0. The van der Waals surface area contributed by atoms with E-state index in [4.69, 9.17) is 0 Å². The van der Waals surface area contributed by atoms with E-state index in [1.807, 2.05) is 0 Å². The lowest BCUT2D eigenvalue weighted by atomic mass is 9.95. The number of nitrogens with one attached hydrogen (secondary N) is 1. The molecule has 2 heteroatoms. The summed E-state index contributed by atoms with van der Waals surface area (Å²) < 4.78 is 0. The summed E-state index contributed by atoms with van der Waals surface area (Å²) in [5.41, 5.74) is 0.350. The van der Waals surface area contributed by atoms with Crippen molar-refractivity contribution in [1.29, 1.82) is 0 Å². The standard InChI is InChI=1S/C16H31NS/c1-16(2)13-18-15-12-10-8-6-4-3-5-7-9-11-14(15)17-16/h14-15,17H,3-13H2,1-2H3. The van der Waals surface area contributed by atoms with E-state index in [2.05, 4.69) is 30.9 Å². The molecule has 1 nitrogen and oxygen atoms in total. The van der Waals surface area contributed by atoms with Gasteiger partial charge < -0.3 is 5.32 Å². The summed E-state index contributed by atoms with van der Waals surface area (Å²) in [6.07, 6.45) is 14.5. The molecule has 2 atom stereocenters. The first-order valence-electron chi connectivity index (χ1n) is 8.07. The zero-order valence-corrected chi connectivity index (χ0v) is 13.2.